The number of carbonyl (C=O) groups excluding carboxylic acids is 1. The largest absolute Gasteiger partial charge is 0.349 e. The lowest BCUT2D eigenvalue weighted by atomic mass is 9.87. The summed E-state index contributed by atoms with van der Waals surface area (Å²) in [5, 5.41) is 15.6. The molecule has 3 aromatic rings. The minimum absolute atomic E-state index is 0.0383. The Morgan fingerprint density at radius 1 is 0.967 bits per heavy atom. The maximum atomic E-state index is 13.0. The molecule has 1 amide bonds. The first kappa shape index (κ1) is 18.8. The Kier molecular flexibility index (Phi) is 5.17. The first-order chi connectivity index (χ1) is 14.8. The Morgan fingerprint density at radius 2 is 1.73 bits per heavy atom. The van der Waals surface area contributed by atoms with E-state index in [4.69, 9.17) is 0 Å². The standard InChI is InChI=1S/C23H26N6O/c30-22(24-21-12-6-8-17-7-4-5-11-20(17)21)18-13-15-28(16-14-18)23-25-26-27-29(23)19-9-2-1-3-10-19/h1-5,7,9-11,18,21H,6,8,12-16H2,(H,24,30)/t21-/m1/s1. The van der Waals surface area contributed by atoms with Gasteiger partial charge in [-0.15, -0.1) is 0 Å². The van der Waals surface area contributed by atoms with Crippen LogP contribution in [0.3, 0.4) is 0 Å². The minimum Gasteiger partial charge on any atom is -0.349 e. The summed E-state index contributed by atoms with van der Waals surface area (Å²) in [5.74, 6) is 0.955. The molecule has 7 heteroatoms. The number of piperidine rings is 1. The minimum atomic E-state index is 0.0383. The van der Waals surface area contributed by atoms with E-state index in [1.807, 2.05) is 30.3 Å². The van der Waals surface area contributed by atoms with E-state index < -0.39 is 0 Å². The van der Waals surface area contributed by atoms with Gasteiger partial charge in [0.05, 0.1) is 11.7 Å². The Balaban J connectivity index is 1.22. The molecule has 30 heavy (non-hydrogen) atoms. The van der Waals surface area contributed by atoms with Crippen LogP contribution in [-0.4, -0.2) is 39.2 Å². The van der Waals surface area contributed by atoms with Crippen LogP contribution in [0.2, 0.25) is 0 Å². The summed E-state index contributed by atoms with van der Waals surface area (Å²) in [5.41, 5.74) is 3.60. The van der Waals surface area contributed by atoms with Gasteiger partial charge in [0.25, 0.3) is 0 Å². The summed E-state index contributed by atoms with van der Waals surface area (Å²) in [7, 11) is 0. The second kappa shape index (κ2) is 8.26. The fraction of sp³-hybridized carbons (Fsp3) is 0.391. The number of tetrazole rings is 1. The van der Waals surface area contributed by atoms with Gasteiger partial charge in [0.2, 0.25) is 11.9 Å². The molecule has 2 heterocycles. The zero-order valence-electron chi connectivity index (χ0n) is 16.9. The average molecular weight is 403 g/mol. The number of amides is 1. The fourth-order valence-electron chi connectivity index (χ4n) is 4.65. The number of fused-ring (bicyclic) bond motifs is 1. The van der Waals surface area contributed by atoms with Gasteiger partial charge in [-0.25, -0.2) is 0 Å². The van der Waals surface area contributed by atoms with Crippen LogP contribution in [0, 0.1) is 5.92 Å². The lowest BCUT2D eigenvalue weighted by Crippen LogP contribution is -2.42. The van der Waals surface area contributed by atoms with E-state index in [9.17, 15) is 4.79 Å². The maximum Gasteiger partial charge on any atom is 0.250 e. The van der Waals surface area contributed by atoms with Crippen molar-refractivity contribution in [2.75, 3.05) is 18.0 Å². The number of hydrogen-bond acceptors (Lipinski definition) is 5. The van der Waals surface area contributed by atoms with Crippen molar-refractivity contribution in [3.63, 3.8) is 0 Å². The predicted molar refractivity (Wildman–Crippen MR) is 114 cm³/mol. The molecule has 7 nitrogen and oxygen atoms in total. The quantitative estimate of drug-likeness (QED) is 0.726. The molecule has 0 bridgehead atoms. The molecular weight excluding hydrogens is 376 g/mol. The molecule has 2 aliphatic rings. The van der Waals surface area contributed by atoms with Crippen molar-refractivity contribution >= 4 is 11.9 Å². The highest BCUT2D eigenvalue weighted by atomic mass is 16.2. The monoisotopic (exact) mass is 402 g/mol. The first-order valence-corrected chi connectivity index (χ1v) is 10.8. The number of nitrogens with zero attached hydrogens (tertiary/aromatic N) is 5. The fourth-order valence-corrected chi connectivity index (χ4v) is 4.65. The Labute approximate surface area is 176 Å². The molecule has 5 rings (SSSR count). The number of nitrogens with one attached hydrogen (secondary N) is 1. The lowest BCUT2D eigenvalue weighted by Gasteiger charge is -2.33. The first-order valence-electron chi connectivity index (χ1n) is 10.8. The summed E-state index contributed by atoms with van der Waals surface area (Å²) in [6.07, 6.45) is 4.87. The van der Waals surface area contributed by atoms with Crippen molar-refractivity contribution in [1.29, 1.82) is 0 Å². The second-order valence-corrected chi connectivity index (χ2v) is 8.14. The van der Waals surface area contributed by atoms with Crippen LogP contribution >= 0.6 is 0 Å². The van der Waals surface area contributed by atoms with Crippen molar-refractivity contribution in [3.05, 3.63) is 65.7 Å². The van der Waals surface area contributed by atoms with Crippen LogP contribution in [0.4, 0.5) is 5.95 Å². The molecule has 0 unspecified atom stereocenters. The molecule has 0 spiro atoms. The molecule has 2 aromatic carbocycles. The van der Waals surface area contributed by atoms with E-state index in [0.29, 0.717) is 0 Å². The smallest absolute Gasteiger partial charge is 0.250 e. The van der Waals surface area contributed by atoms with Crippen LogP contribution in [0.25, 0.3) is 5.69 Å². The molecule has 1 N–H and O–H groups in total. The summed E-state index contributed by atoms with van der Waals surface area (Å²) in [6.45, 7) is 1.54. The number of benzene rings is 2. The van der Waals surface area contributed by atoms with Crippen LogP contribution in [0.5, 0.6) is 0 Å². The summed E-state index contributed by atoms with van der Waals surface area (Å²) in [6, 6.07) is 18.5. The van der Waals surface area contributed by atoms with E-state index in [0.717, 1.165) is 56.8 Å². The van der Waals surface area contributed by atoms with Gasteiger partial charge in [-0.2, -0.15) is 4.68 Å². The number of para-hydroxylation sites is 1. The number of aryl methyl sites for hydroxylation is 1. The van der Waals surface area contributed by atoms with Gasteiger partial charge in [0, 0.05) is 19.0 Å². The van der Waals surface area contributed by atoms with Crippen molar-refractivity contribution in [1.82, 2.24) is 25.5 Å². The van der Waals surface area contributed by atoms with Gasteiger partial charge in [0.15, 0.2) is 0 Å². The van der Waals surface area contributed by atoms with Gasteiger partial charge in [-0.05, 0) is 65.8 Å². The van der Waals surface area contributed by atoms with Crippen molar-refractivity contribution < 1.29 is 4.79 Å². The highest BCUT2D eigenvalue weighted by Gasteiger charge is 2.30. The van der Waals surface area contributed by atoms with Crippen LogP contribution in [0.1, 0.15) is 42.9 Å². The highest BCUT2D eigenvalue weighted by molar-refractivity contribution is 5.79. The van der Waals surface area contributed by atoms with E-state index in [1.54, 1.807) is 4.68 Å². The molecule has 0 radical (unpaired) electrons. The lowest BCUT2D eigenvalue weighted by molar-refractivity contribution is -0.126. The third-order valence-electron chi connectivity index (χ3n) is 6.29. The van der Waals surface area contributed by atoms with Crippen LogP contribution in [0.15, 0.2) is 54.6 Å². The van der Waals surface area contributed by atoms with Gasteiger partial charge >= 0.3 is 0 Å². The molecule has 1 aliphatic carbocycles. The third kappa shape index (κ3) is 3.67. The molecular formula is C23H26N6O. The van der Waals surface area contributed by atoms with E-state index in [1.165, 1.54) is 11.1 Å². The molecule has 1 fully saturated rings. The second-order valence-electron chi connectivity index (χ2n) is 8.14. The summed E-state index contributed by atoms with van der Waals surface area (Å²) < 4.78 is 1.76. The Bertz CT molecular complexity index is 1010. The summed E-state index contributed by atoms with van der Waals surface area (Å²) in [4.78, 5) is 15.2. The molecule has 1 atom stereocenters. The van der Waals surface area contributed by atoms with E-state index in [2.05, 4.69) is 50.0 Å². The SMILES string of the molecule is O=C(N[C@@H]1CCCc2ccccc21)C1CCN(c2nnnn2-c2ccccc2)CC1. The van der Waals surface area contributed by atoms with Gasteiger partial charge < -0.3 is 10.2 Å². The molecule has 154 valence electrons. The van der Waals surface area contributed by atoms with Crippen molar-refractivity contribution in [2.24, 2.45) is 5.92 Å². The highest BCUT2D eigenvalue weighted by Crippen LogP contribution is 2.30. The average Bonchev–Trinajstić information content (AvgIpc) is 3.30. The van der Waals surface area contributed by atoms with Gasteiger partial charge in [-0.1, -0.05) is 47.6 Å². The molecule has 0 saturated carbocycles. The molecule has 1 aromatic heterocycles. The Morgan fingerprint density at radius 3 is 2.57 bits per heavy atom. The third-order valence-corrected chi connectivity index (χ3v) is 6.29. The number of hydrogen-bond donors (Lipinski definition) is 1. The van der Waals surface area contributed by atoms with E-state index >= 15 is 0 Å². The number of carbonyl (C=O) groups is 1. The zero-order chi connectivity index (χ0) is 20.3. The van der Waals surface area contributed by atoms with Crippen LogP contribution in [-0.2, 0) is 11.2 Å². The number of aromatic nitrogens is 4. The molecule has 1 aliphatic heterocycles. The normalized spacial score (nSPS) is 19.3. The van der Waals surface area contributed by atoms with Crippen molar-refractivity contribution in [3.8, 4) is 5.69 Å². The number of anilines is 1. The van der Waals surface area contributed by atoms with Crippen LogP contribution < -0.4 is 10.2 Å². The Hall–Kier alpha value is -3.22. The van der Waals surface area contributed by atoms with E-state index in [-0.39, 0.29) is 17.9 Å². The van der Waals surface area contributed by atoms with Gasteiger partial charge in [0.1, 0.15) is 0 Å². The topological polar surface area (TPSA) is 75.9 Å². The molecule has 1 saturated heterocycles. The van der Waals surface area contributed by atoms with Crippen molar-refractivity contribution in [2.45, 2.75) is 38.1 Å². The predicted octanol–water partition coefficient (Wildman–Crippen LogP) is 3.07. The zero-order valence-corrected chi connectivity index (χ0v) is 16.9. The number of rotatable bonds is 4. The van der Waals surface area contributed by atoms with Gasteiger partial charge in [-0.3, -0.25) is 4.79 Å². The maximum absolute atomic E-state index is 13.0. The summed E-state index contributed by atoms with van der Waals surface area (Å²) >= 11 is 0.